The van der Waals surface area contributed by atoms with Gasteiger partial charge < -0.3 is 10.6 Å². The number of aliphatic imine (C=N–C) groups is 1. The summed E-state index contributed by atoms with van der Waals surface area (Å²) in [4.78, 5) is 5.58. The van der Waals surface area contributed by atoms with E-state index >= 15 is 0 Å². The zero-order valence-electron chi connectivity index (χ0n) is 8.96. The number of nitrogens with zero attached hydrogens (tertiary/aromatic N) is 2. The first-order valence-corrected chi connectivity index (χ1v) is 5.11. The second kappa shape index (κ2) is 7.18. The number of alkyl halides is 3. The van der Waals surface area contributed by atoms with Crippen LogP contribution in [0.4, 0.5) is 13.2 Å². The van der Waals surface area contributed by atoms with Crippen molar-refractivity contribution in [3.63, 3.8) is 0 Å². The summed E-state index contributed by atoms with van der Waals surface area (Å²) in [5.74, 6) is 0.249. The van der Waals surface area contributed by atoms with Crippen LogP contribution in [0.5, 0.6) is 0 Å². The maximum atomic E-state index is 11.8. The van der Waals surface area contributed by atoms with Crippen molar-refractivity contribution in [2.75, 3.05) is 19.6 Å². The number of nitrogens with two attached hydrogens (primary N) is 1. The van der Waals surface area contributed by atoms with Gasteiger partial charge in [0.05, 0.1) is 13.0 Å². The van der Waals surface area contributed by atoms with Crippen molar-refractivity contribution in [3.05, 3.63) is 0 Å². The third kappa shape index (κ3) is 6.39. The normalized spacial score (nSPS) is 18.2. The molecule has 0 atom stereocenters. The fourth-order valence-electron chi connectivity index (χ4n) is 1.52. The van der Waals surface area contributed by atoms with E-state index < -0.39 is 12.6 Å². The van der Waals surface area contributed by atoms with Gasteiger partial charge >= 0.3 is 6.18 Å². The van der Waals surface area contributed by atoms with Crippen LogP contribution in [0.1, 0.15) is 25.7 Å². The molecule has 0 spiro atoms. The van der Waals surface area contributed by atoms with Crippen molar-refractivity contribution in [2.45, 2.75) is 31.9 Å². The number of hydrogen-bond donors (Lipinski definition) is 1. The van der Waals surface area contributed by atoms with Crippen LogP contribution in [0.2, 0.25) is 0 Å². The van der Waals surface area contributed by atoms with Gasteiger partial charge in [0.25, 0.3) is 0 Å². The van der Waals surface area contributed by atoms with Crippen LogP contribution in [0.3, 0.4) is 0 Å². The fourth-order valence-corrected chi connectivity index (χ4v) is 1.52. The summed E-state index contributed by atoms with van der Waals surface area (Å²) in [6.45, 7) is 1.34. The van der Waals surface area contributed by atoms with Gasteiger partial charge in [0.2, 0.25) is 0 Å². The van der Waals surface area contributed by atoms with E-state index in [1.807, 2.05) is 4.90 Å². The van der Waals surface area contributed by atoms with Crippen LogP contribution < -0.4 is 5.73 Å². The van der Waals surface area contributed by atoms with Gasteiger partial charge in [0.1, 0.15) is 0 Å². The number of guanidine groups is 1. The quantitative estimate of drug-likeness (QED) is 0.472. The number of halogens is 4. The molecule has 1 saturated heterocycles. The molecule has 1 rings (SSSR count). The Morgan fingerprint density at radius 2 is 1.75 bits per heavy atom. The average molecular weight is 351 g/mol. The van der Waals surface area contributed by atoms with Crippen LogP contribution >= 0.6 is 24.0 Å². The Balaban J connectivity index is 0.00000225. The Morgan fingerprint density at radius 1 is 1.19 bits per heavy atom. The third-order valence-corrected chi connectivity index (χ3v) is 2.35. The summed E-state index contributed by atoms with van der Waals surface area (Å²) >= 11 is 0. The molecule has 1 heterocycles. The van der Waals surface area contributed by atoms with Gasteiger partial charge in [-0.05, 0) is 19.3 Å². The Labute approximate surface area is 110 Å². The second-order valence-corrected chi connectivity index (χ2v) is 3.65. The van der Waals surface area contributed by atoms with Crippen LogP contribution in [-0.4, -0.2) is 36.7 Å². The number of piperidine rings is 1. The minimum Gasteiger partial charge on any atom is -0.370 e. The molecule has 0 aromatic rings. The van der Waals surface area contributed by atoms with Crippen LogP contribution in [-0.2, 0) is 0 Å². The van der Waals surface area contributed by atoms with Crippen molar-refractivity contribution in [3.8, 4) is 0 Å². The highest BCUT2D eigenvalue weighted by molar-refractivity contribution is 14.0. The van der Waals surface area contributed by atoms with Crippen LogP contribution in [0, 0.1) is 0 Å². The van der Waals surface area contributed by atoms with Crippen molar-refractivity contribution in [2.24, 2.45) is 10.7 Å². The van der Waals surface area contributed by atoms with Gasteiger partial charge in [0.15, 0.2) is 5.96 Å². The van der Waals surface area contributed by atoms with Gasteiger partial charge in [0, 0.05) is 13.1 Å². The maximum Gasteiger partial charge on any atom is 0.390 e. The Morgan fingerprint density at radius 3 is 2.25 bits per heavy atom. The van der Waals surface area contributed by atoms with Gasteiger partial charge in [-0.2, -0.15) is 13.2 Å². The summed E-state index contributed by atoms with van der Waals surface area (Å²) in [5, 5.41) is 0. The van der Waals surface area contributed by atoms with E-state index in [1.54, 1.807) is 0 Å². The molecule has 1 fully saturated rings. The first-order valence-electron chi connectivity index (χ1n) is 5.11. The lowest BCUT2D eigenvalue weighted by molar-refractivity contribution is -0.132. The van der Waals surface area contributed by atoms with E-state index in [-0.39, 0.29) is 36.5 Å². The lowest BCUT2D eigenvalue weighted by Gasteiger charge is -2.27. The molecule has 0 aromatic heterocycles. The first kappa shape index (κ1) is 15.8. The topological polar surface area (TPSA) is 41.6 Å². The fraction of sp³-hybridized carbons (Fsp3) is 0.889. The molecule has 0 amide bonds. The predicted octanol–water partition coefficient (Wildman–Crippen LogP) is 2.36. The van der Waals surface area contributed by atoms with Gasteiger partial charge in [-0.1, -0.05) is 0 Å². The van der Waals surface area contributed by atoms with E-state index in [9.17, 15) is 13.2 Å². The Kier molecular flexibility index (Phi) is 7.09. The summed E-state index contributed by atoms with van der Waals surface area (Å²) in [6, 6.07) is 0. The highest BCUT2D eigenvalue weighted by atomic mass is 127. The largest absolute Gasteiger partial charge is 0.390 e. The molecule has 1 aliphatic rings. The molecular weight excluding hydrogens is 334 g/mol. The molecule has 0 aliphatic carbocycles. The van der Waals surface area contributed by atoms with Crippen LogP contribution in [0.25, 0.3) is 0 Å². The molecule has 0 unspecified atom stereocenters. The minimum atomic E-state index is -4.15. The molecule has 16 heavy (non-hydrogen) atoms. The van der Waals surface area contributed by atoms with E-state index in [4.69, 9.17) is 5.73 Å². The molecule has 1 aliphatic heterocycles. The highest BCUT2D eigenvalue weighted by Gasteiger charge is 2.26. The third-order valence-electron chi connectivity index (χ3n) is 2.35. The monoisotopic (exact) mass is 351 g/mol. The van der Waals surface area contributed by atoms with E-state index in [0.717, 1.165) is 32.4 Å². The zero-order valence-corrected chi connectivity index (χ0v) is 11.3. The zero-order chi connectivity index (χ0) is 11.3. The van der Waals surface area contributed by atoms with Crippen molar-refractivity contribution in [1.29, 1.82) is 0 Å². The molecule has 3 nitrogen and oxygen atoms in total. The lowest BCUT2D eigenvalue weighted by atomic mass is 10.1. The average Bonchev–Trinajstić information content (AvgIpc) is 2.17. The Hall–Kier alpha value is -0.210. The van der Waals surface area contributed by atoms with E-state index in [0.29, 0.717) is 0 Å². The van der Waals surface area contributed by atoms with Gasteiger partial charge in [-0.25, -0.2) is 0 Å². The van der Waals surface area contributed by atoms with Gasteiger partial charge in [-0.3, -0.25) is 4.99 Å². The molecule has 2 N–H and O–H groups in total. The number of hydrogen-bond acceptors (Lipinski definition) is 1. The minimum absolute atomic E-state index is 0. The summed E-state index contributed by atoms with van der Waals surface area (Å²) in [7, 11) is 0. The molecule has 7 heteroatoms. The molecule has 0 radical (unpaired) electrons. The smallest absolute Gasteiger partial charge is 0.370 e. The Bertz CT molecular complexity index is 225. The van der Waals surface area contributed by atoms with Gasteiger partial charge in [-0.15, -0.1) is 24.0 Å². The molecular formula is C9H17F3IN3. The summed E-state index contributed by atoms with van der Waals surface area (Å²) in [6.07, 6.45) is -1.81. The molecule has 0 bridgehead atoms. The standard InChI is InChI=1S/C9H16F3N3.HI/c10-9(11,12)4-5-14-8(13)15-6-2-1-3-7-15;/h1-7H2,(H2,13,14);1H. The second-order valence-electron chi connectivity index (χ2n) is 3.65. The predicted molar refractivity (Wildman–Crippen MR) is 68.0 cm³/mol. The van der Waals surface area contributed by atoms with Crippen molar-refractivity contribution in [1.82, 2.24) is 4.90 Å². The summed E-state index contributed by atoms with van der Waals surface area (Å²) in [5.41, 5.74) is 5.59. The van der Waals surface area contributed by atoms with Crippen LogP contribution in [0.15, 0.2) is 4.99 Å². The van der Waals surface area contributed by atoms with E-state index in [2.05, 4.69) is 4.99 Å². The summed E-state index contributed by atoms with van der Waals surface area (Å²) < 4.78 is 35.5. The molecule has 0 saturated carbocycles. The molecule has 0 aromatic carbocycles. The number of rotatable bonds is 2. The number of likely N-dealkylation sites (tertiary alicyclic amines) is 1. The lowest BCUT2D eigenvalue weighted by Crippen LogP contribution is -2.41. The van der Waals surface area contributed by atoms with Crippen molar-refractivity contribution < 1.29 is 13.2 Å². The van der Waals surface area contributed by atoms with E-state index in [1.165, 1.54) is 0 Å². The SMILES string of the molecule is I.NC(=NCCC(F)(F)F)N1CCCCC1. The highest BCUT2D eigenvalue weighted by Crippen LogP contribution is 2.19. The van der Waals surface area contributed by atoms with Crippen molar-refractivity contribution >= 4 is 29.9 Å². The maximum absolute atomic E-state index is 11.8. The molecule has 96 valence electrons. The first-order chi connectivity index (χ1) is 6.99.